The van der Waals surface area contributed by atoms with Crippen molar-refractivity contribution in [2.24, 2.45) is 5.92 Å². The van der Waals surface area contributed by atoms with Crippen molar-refractivity contribution in [1.82, 2.24) is 4.57 Å². The maximum Gasteiger partial charge on any atom is 0.0538 e. The SMILES string of the molecule is CC1(C)c2cc(N(c3ccccc3)c3ccc4sc5ccccc5c4c3)ccc2C2C(n3c4ccccc4c4ccccc43)=CC=CC21. The van der Waals surface area contributed by atoms with Crippen LogP contribution in [0.25, 0.3) is 47.7 Å². The number of thiophene rings is 1. The lowest BCUT2D eigenvalue weighted by Crippen LogP contribution is -2.27. The molecule has 2 aliphatic rings. The number of hydrogen-bond donors (Lipinski definition) is 0. The number of nitrogens with zero attached hydrogens (tertiary/aromatic N) is 2. The Hall–Kier alpha value is -5.38. The number of fused-ring (bicyclic) bond motifs is 9. The third-order valence-electron chi connectivity index (χ3n) is 10.9. The third kappa shape index (κ3) is 3.91. The summed E-state index contributed by atoms with van der Waals surface area (Å²) in [5.41, 5.74) is 10.2. The second-order valence-corrected chi connectivity index (χ2v) is 14.9. The van der Waals surface area contributed by atoms with Crippen molar-refractivity contribution in [1.29, 1.82) is 0 Å². The minimum absolute atomic E-state index is 0.0549. The first-order valence-corrected chi connectivity index (χ1v) is 17.7. The van der Waals surface area contributed by atoms with Gasteiger partial charge < -0.3 is 9.47 Å². The smallest absolute Gasteiger partial charge is 0.0538 e. The molecule has 2 nitrogen and oxygen atoms in total. The molecule has 2 aliphatic carbocycles. The van der Waals surface area contributed by atoms with Gasteiger partial charge in [-0.25, -0.2) is 0 Å². The van der Waals surface area contributed by atoms with Crippen LogP contribution in [0, 0.1) is 5.92 Å². The van der Waals surface area contributed by atoms with Gasteiger partial charge in [0.2, 0.25) is 0 Å². The Kier molecular flexibility index (Phi) is 5.95. The quantitative estimate of drug-likeness (QED) is 0.187. The molecule has 0 fully saturated rings. The number of benzene rings is 6. The highest BCUT2D eigenvalue weighted by molar-refractivity contribution is 7.25. The second kappa shape index (κ2) is 10.3. The van der Waals surface area contributed by atoms with E-state index in [4.69, 9.17) is 0 Å². The zero-order chi connectivity index (χ0) is 32.0. The fourth-order valence-corrected chi connectivity index (χ4v) is 9.75. The van der Waals surface area contributed by atoms with Crippen molar-refractivity contribution >= 4 is 76.1 Å². The number of para-hydroxylation sites is 3. The van der Waals surface area contributed by atoms with Crippen molar-refractivity contribution in [3.8, 4) is 0 Å². The normalized spacial score (nSPS) is 18.0. The number of rotatable bonds is 4. The lowest BCUT2D eigenvalue weighted by molar-refractivity contribution is 0.395. The molecule has 0 saturated heterocycles. The molecule has 48 heavy (non-hydrogen) atoms. The summed E-state index contributed by atoms with van der Waals surface area (Å²) < 4.78 is 5.18. The predicted molar refractivity (Wildman–Crippen MR) is 206 cm³/mol. The Labute approximate surface area is 284 Å². The van der Waals surface area contributed by atoms with E-state index >= 15 is 0 Å². The number of anilines is 3. The Bertz CT molecular complexity index is 2560. The summed E-state index contributed by atoms with van der Waals surface area (Å²) in [6.07, 6.45) is 7.10. The van der Waals surface area contributed by atoms with E-state index in [1.807, 2.05) is 11.3 Å². The van der Waals surface area contributed by atoms with E-state index in [-0.39, 0.29) is 11.3 Å². The molecule has 0 aliphatic heterocycles. The van der Waals surface area contributed by atoms with Crippen LogP contribution in [0.4, 0.5) is 17.1 Å². The summed E-state index contributed by atoms with van der Waals surface area (Å²) in [6.45, 7) is 4.88. The summed E-state index contributed by atoms with van der Waals surface area (Å²) >= 11 is 1.87. The van der Waals surface area contributed by atoms with Crippen LogP contribution in [0.2, 0.25) is 0 Å². The molecule has 230 valence electrons. The van der Waals surface area contributed by atoms with Gasteiger partial charge in [0, 0.05) is 59.6 Å². The van der Waals surface area contributed by atoms with Gasteiger partial charge in [-0.15, -0.1) is 11.3 Å². The van der Waals surface area contributed by atoms with Crippen LogP contribution in [0.15, 0.2) is 158 Å². The molecule has 0 radical (unpaired) electrons. The average Bonchev–Trinajstić information content (AvgIpc) is 3.74. The number of allylic oxidation sites excluding steroid dienone is 4. The molecule has 0 amide bonds. The van der Waals surface area contributed by atoms with E-state index in [2.05, 4.69) is 181 Å². The summed E-state index contributed by atoms with van der Waals surface area (Å²) in [7, 11) is 0. The molecule has 0 N–H and O–H groups in total. The zero-order valence-electron chi connectivity index (χ0n) is 27.0. The van der Waals surface area contributed by atoms with Gasteiger partial charge in [0.25, 0.3) is 0 Å². The van der Waals surface area contributed by atoms with E-state index < -0.39 is 0 Å². The van der Waals surface area contributed by atoms with Gasteiger partial charge in [-0.2, -0.15) is 0 Å². The molecule has 0 spiro atoms. The van der Waals surface area contributed by atoms with Gasteiger partial charge in [0.1, 0.15) is 0 Å². The molecule has 2 atom stereocenters. The van der Waals surface area contributed by atoms with E-state index in [0.717, 1.165) is 5.69 Å². The molecular weight excluding hydrogens is 601 g/mol. The highest BCUT2D eigenvalue weighted by atomic mass is 32.1. The van der Waals surface area contributed by atoms with Crippen molar-refractivity contribution in [2.75, 3.05) is 4.90 Å². The molecule has 0 saturated carbocycles. The highest BCUT2D eigenvalue weighted by Gasteiger charge is 2.48. The van der Waals surface area contributed by atoms with E-state index in [0.29, 0.717) is 5.92 Å². The van der Waals surface area contributed by atoms with Crippen LogP contribution in [0.1, 0.15) is 30.9 Å². The summed E-state index contributed by atoms with van der Waals surface area (Å²) in [4.78, 5) is 2.43. The Morgan fingerprint density at radius 3 is 1.98 bits per heavy atom. The van der Waals surface area contributed by atoms with Crippen LogP contribution in [-0.2, 0) is 5.41 Å². The van der Waals surface area contributed by atoms with Gasteiger partial charge >= 0.3 is 0 Å². The van der Waals surface area contributed by atoms with E-state index in [9.17, 15) is 0 Å². The first kappa shape index (κ1) is 27.7. The van der Waals surface area contributed by atoms with Crippen LogP contribution in [0.3, 0.4) is 0 Å². The minimum atomic E-state index is -0.0549. The molecule has 0 bridgehead atoms. The van der Waals surface area contributed by atoms with Crippen LogP contribution < -0.4 is 4.90 Å². The molecule has 8 aromatic rings. The van der Waals surface area contributed by atoms with Crippen LogP contribution >= 0.6 is 11.3 Å². The third-order valence-corrected chi connectivity index (χ3v) is 12.0. The fourth-order valence-electron chi connectivity index (χ4n) is 8.67. The molecule has 2 unspecified atom stereocenters. The fraction of sp³-hybridized carbons (Fsp3) is 0.111. The van der Waals surface area contributed by atoms with Crippen molar-refractivity contribution in [3.05, 3.63) is 169 Å². The topological polar surface area (TPSA) is 8.17 Å². The first-order valence-electron chi connectivity index (χ1n) is 16.9. The Balaban J connectivity index is 1.15. The number of hydrogen-bond acceptors (Lipinski definition) is 2. The Morgan fingerprint density at radius 2 is 1.21 bits per heavy atom. The molecule has 2 heterocycles. The van der Waals surface area contributed by atoms with Crippen LogP contribution in [0.5, 0.6) is 0 Å². The lowest BCUT2D eigenvalue weighted by Gasteiger charge is -2.33. The van der Waals surface area contributed by atoms with Crippen molar-refractivity contribution in [3.63, 3.8) is 0 Å². The van der Waals surface area contributed by atoms with E-state index in [1.165, 1.54) is 70.2 Å². The largest absolute Gasteiger partial charge is 0.312 e. The maximum absolute atomic E-state index is 2.53. The summed E-state index contributed by atoms with van der Waals surface area (Å²) in [5, 5.41) is 5.25. The average molecular weight is 635 g/mol. The lowest BCUT2D eigenvalue weighted by atomic mass is 9.73. The number of aromatic nitrogens is 1. The Morgan fingerprint density at radius 1 is 0.583 bits per heavy atom. The maximum atomic E-state index is 2.53. The molecule has 10 rings (SSSR count). The molecule has 6 aromatic carbocycles. The summed E-state index contributed by atoms with van der Waals surface area (Å²) in [5.74, 6) is 0.605. The van der Waals surface area contributed by atoms with Crippen molar-refractivity contribution < 1.29 is 0 Å². The van der Waals surface area contributed by atoms with Crippen molar-refractivity contribution in [2.45, 2.75) is 25.2 Å². The monoisotopic (exact) mass is 634 g/mol. The predicted octanol–water partition coefficient (Wildman–Crippen LogP) is 12.7. The highest BCUT2D eigenvalue weighted by Crippen LogP contribution is 2.58. The molecule has 2 aromatic heterocycles. The van der Waals surface area contributed by atoms with Gasteiger partial charge in [0.15, 0.2) is 0 Å². The molecule has 3 heteroatoms. The minimum Gasteiger partial charge on any atom is -0.312 e. The second-order valence-electron chi connectivity index (χ2n) is 13.8. The van der Waals surface area contributed by atoms with Gasteiger partial charge in [-0.1, -0.05) is 105 Å². The van der Waals surface area contributed by atoms with Gasteiger partial charge in [0.05, 0.1) is 11.0 Å². The first-order chi connectivity index (χ1) is 23.6. The standard InChI is InChI=1S/C45H34N2S/c1-45(2)37-18-12-21-41(47-39-19-9-6-15-32(39)33-16-7-10-20-40(33)47)44(37)35-25-23-31(28-38(35)45)46(29-13-4-3-5-14-29)30-24-26-43-36(27-30)34-17-8-11-22-42(34)48-43/h3-28,37,44H,1-2H3. The zero-order valence-corrected chi connectivity index (χ0v) is 27.8. The summed E-state index contributed by atoms with van der Waals surface area (Å²) in [6, 6.07) is 51.5. The van der Waals surface area contributed by atoms with Gasteiger partial charge in [-0.3, -0.25) is 0 Å². The van der Waals surface area contributed by atoms with Gasteiger partial charge in [-0.05, 0) is 89.2 Å². The molecular formula is C45H34N2S. The van der Waals surface area contributed by atoms with E-state index in [1.54, 1.807) is 0 Å². The van der Waals surface area contributed by atoms with Crippen LogP contribution in [-0.4, -0.2) is 4.57 Å².